The van der Waals surface area contributed by atoms with Crippen molar-refractivity contribution >= 4 is 23.1 Å². The van der Waals surface area contributed by atoms with Crippen LogP contribution >= 0.6 is 11.6 Å². The lowest BCUT2D eigenvalue weighted by Gasteiger charge is -2.32. The molecule has 20 heavy (non-hydrogen) atoms. The molecule has 1 fully saturated rings. The van der Waals surface area contributed by atoms with Crippen LogP contribution in [-0.4, -0.2) is 43.5 Å². The molecule has 1 saturated heterocycles. The Bertz CT molecular complexity index is 489. The summed E-state index contributed by atoms with van der Waals surface area (Å²) >= 11 is 6.25. The molecule has 1 aliphatic rings. The summed E-state index contributed by atoms with van der Waals surface area (Å²) in [5, 5.41) is 8.06. The largest absolute Gasteiger partial charge is 0.384 e. The van der Waals surface area contributed by atoms with Gasteiger partial charge in [-0.2, -0.15) is 0 Å². The van der Waals surface area contributed by atoms with Crippen LogP contribution in [0.25, 0.3) is 0 Å². The summed E-state index contributed by atoms with van der Waals surface area (Å²) in [6.07, 6.45) is 2.26. The third-order valence-corrected chi connectivity index (χ3v) is 4.26. The fourth-order valence-electron chi connectivity index (χ4n) is 2.83. The van der Waals surface area contributed by atoms with Gasteiger partial charge in [0, 0.05) is 30.4 Å². The predicted octanol–water partition coefficient (Wildman–Crippen LogP) is 2.54. The van der Waals surface area contributed by atoms with E-state index in [-0.39, 0.29) is 5.84 Å². The Labute approximate surface area is 126 Å². The van der Waals surface area contributed by atoms with Gasteiger partial charge >= 0.3 is 0 Å². The quantitative estimate of drug-likeness (QED) is 0.665. The first-order valence-electron chi connectivity index (χ1n) is 7.12. The van der Waals surface area contributed by atoms with Crippen LogP contribution in [0.15, 0.2) is 18.2 Å². The van der Waals surface area contributed by atoms with Gasteiger partial charge < -0.3 is 15.5 Å². The highest BCUT2D eigenvalue weighted by molar-refractivity contribution is 6.34. The van der Waals surface area contributed by atoms with Crippen LogP contribution in [0, 0.1) is 5.41 Å². The molecule has 0 spiro atoms. The molecule has 1 aliphatic heterocycles. The maximum absolute atomic E-state index is 7.50. The van der Waals surface area contributed by atoms with Crippen LogP contribution in [0.5, 0.6) is 0 Å². The molecule has 1 heterocycles. The number of halogens is 1. The van der Waals surface area contributed by atoms with E-state index in [0.29, 0.717) is 16.6 Å². The maximum Gasteiger partial charge on any atom is 0.124 e. The molecule has 0 radical (unpaired) electrons. The van der Waals surface area contributed by atoms with E-state index >= 15 is 0 Å². The molecule has 1 aromatic rings. The summed E-state index contributed by atoms with van der Waals surface area (Å²) in [4.78, 5) is 4.82. The number of benzene rings is 1. The molecular weight excluding hydrogens is 272 g/mol. The normalized spacial score (nSPS) is 20.8. The Morgan fingerprint density at radius 3 is 2.80 bits per heavy atom. The van der Waals surface area contributed by atoms with E-state index in [4.69, 9.17) is 22.7 Å². The van der Waals surface area contributed by atoms with Crippen LogP contribution in [0.3, 0.4) is 0 Å². The molecular formula is C15H23ClN4. The zero-order valence-electron chi connectivity index (χ0n) is 12.2. The number of hydrogen-bond acceptors (Lipinski definition) is 3. The Morgan fingerprint density at radius 1 is 1.45 bits per heavy atom. The molecule has 110 valence electrons. The SMILES string of the molecule is CCC1CN(C)CCCN1c1ccc(C(=N)N)c(Cl)c1. The average Bonchev–Trinajstić information content (AvgIpc) is 2.59. The van der Waals surface area contributed by atoms with Crippen molar-refractivity contribution in [2.75, 3.05) is 31.6 Å². The van der Waals surface area contributed by atoms with Gasteiger partial charge in [-0.25, -0.2) is 0 Å². The smallest absolute Gasteiger partial charge is 0.124 e. The molecule has 0 aliphatic carbocycles. The second-order valence-corrected chi connectivity index (χ2v) is 5.86. The van der Waals surface area contributed by atoms with Gasteiger partial charge in [-0.15, -0.1) is 0 Å². The van der Waals surface area contributed by atoms with Crippen molar-refractivity contribution in [1.29, 1.82) is 5.41 Å². The Kier molecular flexibility index (Phi) is 4.89. The van der Waals surface area contributed by atoms with Crippen LogP contribution in [0.4, 0.5) is 5.69 Å². The van der Waals surface area contributed by atoms with Crippen LogP contribution in [0.1, 0.15) is 25.3 Å². The van der Waals surface area contributed by atoms with Crippen LogP contribution < -0.4 is 10.6 Å². The third kappa shape index (κ3) is 3.25. The first-order chi connectivity index (χ1) is 9.52. The fourth-order valence-corrected chi connectivity index (χ4v) is 3.11. The summed E-state index contributed by atoms with van der Waals surface area (Å²) in [7, 11) is 2.18. The van der Waals surface area contributed by atoms with Crippen LogP contribution in [-0.2, 0) is 0 Å². The van der Waals surface area contributed by atoms with Gasteiger partial charge in [0.1, 0.15) is 5.84 Å². The summed E-state index contributed by atoms with van der Waals surface area (Å²) < 4.78 is 0. The molecule has 0 saturated carbocycles. The van der Waals surface area contributed by atoms with Gasteiger partial charge in [-0.1, -0.05) is 18.5 Å². The number of hydrogen-bond donors (Lipinski definition) is 2. The molecule has 0 amide bonds. The molecule has 3 N–H and O–H groups in total. The lowest BCUT2D eigenvalue weighted by Crippen LogP contribution is -2.39. The maximum atomic E-state index is 7.50. The highest BCUT2D eigenvalue weighted by atomic mass is 35.5. The predicted molar refractivity (Wildman–Crippen MR) is 86.0 cm³/mol. The van der Waals surface area contributed by atoms with Gasteiger partial charge in [-0.05, 0) is 44.6 Å². The van der Waals surface area contributed by atoms with Crippen molar-refractivity contribution in [2.24, 2.45) is 5.73 Å². The van der Waals surface area contributed by atoms with E-state index in [1.165, 1.54) is 0 Å². The lowest BCUT2D eigenvalue weighted by molar-refractivity contribution is 0.328. The van der Waals surface area contributed by atoms with E-state index < -0.39 is 0 Å². The number of nitrogens with two attached hydrogens (primary N) is 1. The number of anilines is 1. The minimum absolute atomic E-state index is 0.0178. The van der Waals surface area contributed by atoms with Crippen molar-refractivity contribution in [2.45, 2.75) is 25.8 Å². The number of nitrogens with one attached hydrogen (secondary N) is 1. The van der Waals surface area contributed by atoms with Crippen molar-refractivity contribution in [3.63, 3.8) is 0 Å². The average molecular weight is 295 g/mol. The number of likely N-dealkylation sites (N-methyl/N-ethyl adjacent to an activating group) is 1. The lowest BCUT2D eigenvalue weighted by atomic mass is 10.1. The monoisotopic (exact) mass is 294 g/mol. The zero-order chi connectivity index (χ0) is 14.7. The Balaban J connectivity index is 2.28. The van der Waals surface area contributed by atoms with Crippen LogP contribution in [0.2, 0.25) is 5.02 Å². The summed E-state index contributed by atoms with van der Waals surface area (Å²) in [5.41, 5.74) is 7.25. The highest BCUT2D eigenvalue weighted by Gasteiger charge is 2.22. The van der Waals surface area contributed by atoms with Gasteiger partial charge in [-0.3, -0.25) is 5.41 Å². The zero-order valence-corrected chi connectivity index (χ0v) is 13.0. The second kappa shape index (κ2) is 6.46. The fraction of sp³-hybridized carbons (Fsp3) is 0.533. The minimum Gasteiger partial charge on any atom is -0.384 e. The third-order valence-electron chi connectivity index (χ3n) is 3.95. The molecule has 0 bridgehead atoms. The second-order valence-electron chi connectivity index (χ2n) is 5.45. The van der Waals surface area contributed by atoms with E-state index in [2.05, 4.69) is 23.8 Å². The molecule has 5 heteroatoms. The van der Waals surface area contributed by atoms with Crippen molar-refractivity contribution in [3.05, 3.63) is 28.8 Å². The van der Waals surface area contributed by atoms with Gasteiger partial charge in [0.15, 0.2) is 0 Å². The topological polar surface area (TPSA) is 56.4 Å². The van der Waals surface area contributed by atoms with Gasteiger partial charge in [0.2, 0.25) is 0 Å². The summed E-state index contributed by atoms with van der Waals surface area (Å²) in [5.74, 6) is 0.0178. The standard InChI is InChI=1S/C15H23ClN4/c1-3-11-10-19(2)7-4-8-20(11)12-5-6-13(15(17)18)14(16)9-12/h5-6,9,11H,3-4,7-8,10H2,1-2H3,(H3,17,18). The number of nitrogen functional groups attached to an aromatic ring is 1. The summed E-state index contributed by atoms with van der Waals surface area (Å²) in [6.45, 7) is 5.47. The van der Waals surface area contributed by atoms with Crippen molar-refractivity contribution in [3.8, 4) is 0 Å². The van der Waals surface area contributed by atoms with E-state index in [9.17, 15) is 0 Å². The molecule has 1 aromatic carbocycles. The Morgan fingerprint density at radius 2 is 2.20 bits per heavy atom. The highest BCUT2D eigenvalue weighted by Crippen LogP contribution is 2.27. The minimum atomic E-state index is 0.0178. The Hall–Kier alpha value is -1.26. The van der Waals surface area contributed by atoms with Crippen molar-refractivity contribution < 1.29 is 0 Å². The molecule has 1 atom stereocenters. The number of amidine groups is 1. The van der Waals surface area contributed by atoms with E-state index in [0.717, 1.165) is 38.2 Å². The van der Waals surface area contributed by atoms with Crippen molar-refractivity contribution in [1.82, 2.24) is 4.90 Å². The van der Waals surface area contributed by atoms with E-state index in [1.54, 1.807) is 0 Å². The molecule has 0 aromatic heterocycles. The first kappa shape index (κ1) is 15.1. The van der Waals surface area contributed by atoms with Gasteiger partial charge in [0.05, 0.1) is 5.02 Å². The molecule has 1 unspecified atom stereocenters. The number of rotatable bonds is 3. The number of nitrogens with zero attached hydrogens (tertiary/aromatic N) is 2. The van der Waals surface area contributed by atoms with E-state index in [1.807, 2.05) is 18.2 Å². The molecule has 4 nitrogen and oxygen atoms in total. The first-order valence-corrected chi connectivity index (χ1v) is 7.49. The molecule has 2 rings (SSSR count). The van der Waals surface area contributed by atoms with Gasteiger partial charge in [0.25, 0.3) is 0 Å². The summed E-state index contributed by atoms with van der Waals surface area (Å²) in [6, 6.07) is 6.31.